The number of hydrogen-bond acceptors (Lipinski definition) is 4. The van der Waals surface area contributed by atoms with E-state index in [0.29, 0.717) is 6.42 Å². The van der Waals surface area contributed by atoms with Crippen LogP contribution in [0.3, 0.4) is 0 Å². The molecule has 5 nitrogen and oxygen atoms in total. The Hall–Kier alpha value is -1.25. The number of rotatable bonds is 9. The van der Waals surface area contributed by atoms with E-state index in [1.54, 1.807) is 20.8 Å². The molecule has 0 rings (SSSR count). The number of aliphatic hydroxyl groups is 2. The SMILES string of the molecule is CCCCCCCCC#C[C@@H](O)[C@H](CO)NC(=O)OC(C)(C)C. The van der Waals surface area contributed by atoms with Crippen LogP contribution in [0.15, 0.2) is 0 Å². The Morgan fingerprint density at radius 1 is 1.17 bits per heavy atom. The summed E-state index contributed by atoms with van der Waals surface area (Å²) in [6, 6.07) is -0.845. The molecule has 5 heteroatoms. The third kappa shape index (κ3) is 12.9. The molecule has 0 fully saturated rings. The number of carbonyl (C=O) groups is 1. The quantitative estimate of drug-likeness (QED) is 0.449. The molecule has 0 aromatic rings. The molecule has 134 valence electrons. The lowest BCUT2D eigenvalue weighted by Crippen LogP contribution is -2.47. The van der Waals surface area contributed by atoms with Crippen molar-refractivity contribution in [2.45, 2.75) is 90.4 Å². The van der Waals surface area contributed by atoms with Gasteiger partial charge in [-0.2, -0.15) is 0 Å². The van der Waals surface area contributed by atoms with Crippen molar-refractivity contribution in [1.82, 2.24) is 5.32 Å². The maximum Gasteiger partial charge on any atom is 0.408 e. The number of ether oxygens (including phenoxy) is 1. The topological polar surface area (TPSA) is 78.8 Å². The normalized spacial score (nSPS) is 13.7. The maximum atomic E-state index is 11.6. The van der Waals surface area contributed by atoms with Crippen molar-refractivity contribution in [2.75, 3.05) is 6.61 Å². The summed E-state index contributed by atoms with van der Waals surface area (Å²) >= 11 is 0. The fraction of sp³-hybridized carbons (Fsp3) is 0.833. The number of unbranched alkanes of at least 4 members (excludes halogenated alkanes) is 6. The lowest BCUT2D eigenvalue weighted by atomic mass is 10.1. The van der Waals surface area contributed by atoms with Crippen LogP contribution < -0.4 is 5.32 Å². The summed E-state index contributed by atoms with van der Waals surface area (Å²) < 4.78 is 5.09. The summed E-state index contributed by atoms with van der Waals surface area (Å²) in [6.07, 6.45) is 6.08. The third-order valence-corrected chi connectivity index (χ3v) is 3.19. The van der Waals surface area contributed by atoms with Crippen LogP contribution in [0.1, 0.15) is 72.6 Å². The van der Waals surface area contributed by atoms with Gasteiger partial charge in [-0.05, 0) is 27.2 Å². The van der Waals surface area contributed by atoms with Crippen LogP contribution >= 0.6 is 0 Å². The summed E-state index contributed by atoms with van der Waals surface area (Å²) in [7, 11) is 0. The first kappa shape index (κ1) is 21.8. The van der Waals surface area contributed by atoms with Crippen LogP contribution in [-0.4, -0.2) is 40.7 Å². The summed E-state index contributed by atoms with van der Waals surface area (Å²) in [5.41, 5.74) is -0.626. The largest absolute Gasteiger partial charge is 0.444 e. The van der Waals surface area contributed by atoms with Crippen molar-refractivity contribution in [2.24, 2.45) is 0 Å². The number of nitrogens with one attached hydrogen (secondary N) is 1. The molecular weight excluding hydrogens is 294 g/mol. The average Bonchev–Trinajstić information content (AvgIpc) is 2.45. The molecule has 0 spiro atoms. The molecule has 0 aromatic heterocycles. The van der Waals surface area contributed by atoms with Gasteiger partial charge in [-0.1, -0.05) is 44.9 Å². The minimum absolute atomic E-state index is 0.397. The van der Waals surface area contributed by atoms with Crippen LogP contribution in [0.2, 0.25) is 0 Å². The van der Waals surface area contributed by atoms with Gasteiger partial charge in [-0.25, -0.2) is 4.79 Å². The second-order valence-corrected chi connectivity index (χ2v) is 6.72. The van der Waals surface area contributed by atoms with Crippen LogP contribution in [0, 0.1) is 11.8 Å². The van der Waals surface area contributed by atoms with E-state index in [2.05, 4.69) is 24.1 Å². The monoisotopic (exact) mass is 327 g/mol. The predicted molar refractivity (Wildman–Crippen MR) is 92.0 cm³/mol. The minimum atomic E-state index is -1.10. The van der Waals surface area contributed by atoms with Gasteiger partial charge in [-0.3, -0.25) is 0 Å². The third-order valence-electron chi connectivity index (χ3n) is 3.19. The summed E-state index contributed by atoms with van der Waals surface area (Å²) in [5, 5.41) is 21.6. The first-order chi connectivity index (χ1) is 10.8. The van der Waals surface area contributed by atoms with E-state index in [1.165, 1.54) is 25.7 Å². The highest BCUT2D eigenvalue weighted by molar-refractivity contribution is 5.68. The second-order valence-electron chi connectivity index (χ2n) is 6.72. The van der Waals surface area contributed by atoms with E-state index in [1.807, 2.05) is 0 Å². The average molecular weight is 327 g/mol. The van der Waals surface area contributed by atoms with Crippen molar-refractivity contribution >= 4 is 6.09 Å². The second kappa shape index (κ2) is 12.2. The molecule has 0 heterocycles. The number of carbonyl (C=O) groups excluding carboxylic acids is 1. The zero-order valence-corrected chi connectivity index (χ0v) is 15.0. The van der Waals surface area contributed by atoms with Crippen LogP contribution in [0.25, 0.3) is 0 Å². The van der Waals surface area contributed by atoms with Gasteiger partial charge in [0.25, 0.3) is 0 Å². The van der Waals surface area contributed by atoms with Gasteiger partial charge in [0.15, 0.2) is 0 Å². The summed E-state index contributed by atoms with van der Waals surface area (Å²) in [6.45, 7) is 7.04. The maximum absolute atomic E-state index is 11.6. The zero-order valence-electron chi connectivity index (χ0n) is 15.0. The number of aliphatic hydroxyl groups excluding tert-OH is 2. The van der Waals surface area contributed by atoms with E-state index in [0.717, 1.165) is 12.8 Å². The Labute approximate surface area is 140 Å². The minimum Gasteiger partial charge on any atom is -0.444 e. The van der Waals surface area contributed by atoms with Crippen LogP contribution in [0.4, 0.5) is 4.79 Å². The number of hydrogen-bond donors (Lipinski definition) is 3. The molecule has 23 heavy (non-hydrogen) atoms. The Bertz CT molecular complexity index is 379. The van der Waals surface area contributed by atoms with Gasteiger partial charge < -0.3 is 20.3 Å². The van der Waals surface area contributed by atoms with Crippen molar-refractivity contribution < 1.29 is 19.7 Å². The standard InChI is InChI=1S/C18H33NO4/c1-5-6-7-8-9-10-11-12-13-16(21)15(14-20)19-17(22)23-18(2,3)4/h15-16,20-21H,5-11,14H2,1-4H3,(H,19,22)/t15-,16+/m0/s1. The molecule has 1 amide bonds. The number of alkyl carbamates (subject to hydrolysis) is 1. The first-order valence-electron chi connectivity index (χ1n) is 8.57. The zero-order chi connectivity index (χ0) is 17.7. The first-order valence-corrected chi connectivity index (χ1v) is 8.57. The lowest BCUT2D eigenvalue weighted by molar-refractivity contribution is 0.0413. The molecule has 0 bridgehead atoms. The number of amides is 1. The van der Waals surface area contributed by atoms with Gasteiger partial charge in [0.2, 0.25) is 0 Å². The summed E-state index contributed by atoms with van der Waals surface area (Å²) in [4.78, 5) is 11.6. The van der Waals surface area contributed by atoms with E-state index in [4.69, 9.17) is 4.74 Å². The fourth-order valence-electron chi connectivity index (χ4n) is 1.95. The molecule has 3 N–H and O–H groups in total. The molecule has 0 aliphatic rings. The van der Waals surface area contributed by atoms with E-state index < -0.39 is 30.4 Å². The molecule has 0 aliphatic carbocycles. The van der Waals surface area contributed by atoms with Crippen molar-refractivity contribution in [1.29, 1.82) is 0 Å². The van der Waals surface area contributed by atoms with Crippen LogP contribution in [0.5, 0.6) is 0 Å². The highest BCUT2D eigenvalue weighted by atomic mass is 16.6. The van der Waals surface area contributed by atoms with Crippen molar-refractivity contribution in [3.63, 3.8) is 0 Å². The van der Waals surface area contributed by atoms with Crippen molar-refractivity contribution in [3.05, 3.63) is 0 Å². The molecule has 0 saturated carbocycles. The molecule has 0 saturated heterocycles. The summed E-state index contributed by atoms with van der Waals surface area (Å²) in [5.74, 6) is 5.59. The van der Waals surface area contributed by atoms with Gasteiger partial charge in [0, 0.05) is 6.42 Å². The smallest absolute Gasteiger partial charge is 0.408 e. The van der Waals surface area contributed by atoms with Crippen LogP contribution in [-0.2, 0) is 4.74 Å². The lowest BCUT2D eigenvalue weighted by Gasteiger charge is -2.23. The molecule has 2 atom stereocenters. The molecule has 0 aromatic carbocycles. The van der Waals surface area contributed by atoms with Gasteiger partial charge in [-0.15, -0.1) is 5.92 Å². The highest BCUT2D eigenvalue weighted by Crippen LogP contribution is 2.08. The molecular formula is C18H33NO4. The van der Waals surface area contributed by atoms with E-state index in [-0.39, 0.29) is 0 Å². The van der Waals surface area contributed by atoms with Gasteiger partial charge >= 0.3 is 6.09 Å². The molecule has 0 radical (unpaired) electrons. The Balaban J connectivity index is 4.08. The molecule has 0 unspecified atom stereocenters. The van der Waals surface area contributed by atoms with Crippen molar-refractivity contribution in [3.8, 4) is 11.8 Å². The Morgan fingerprint density at radius 2 is 1.78 bits per heavy atom. The van der Waals surface area contributed by atoms with Gasteiger partial charge in [0.05, 0.1) is 12.6 Å². The highest BCUT2D eigenvalue weighted by Gasteiger charge is 2.22. The van der Waals surface area contributed by atoms with E-state index >= 15 is 0 Å². The van der Waals surface area contributed by atoms with Gasteiger partial charge in [0.1, 0.15) is 11.7 Å². The predicted octanol–water partition coefficient (Wildman–Crippen LogP) is 2.99. The van der Waals surface area contributed by atoms with E-state index in [9.17, 15) is 15.0 Å². The molecule has 0 aliphatic heterocycles. The Morgan fingerprint density at radius 3 is 2.35 bits per heavy atom. The Kier molecular flexibility index (Phi) is 11.5. The fourth-order valence-corrected chi connectivity index (χ4v) is 1.95.